The predicted molar refractivity (Wildman–Crippen MR) is 110 cm³/mol. The molecule has 6 heteroatoms. The Kier molecular flexibility index (Phi) is 5.65. The molecule has 0 radical (unpaired) electrons. The van der Waals surface area contributed by atoms with Crippen LogP contribution in [-0.2, 0) is 6.54 Å². The number of rotatable bonds is 7. The van der Waals surface area contributed by atoms with Crippen molar-refractivity contribution in [3.8, 4) is 5.69 Å². The van der Waals surface area contributed by atoms with Crippen molar-refractivity contribution in [2.24, 2.45) is 0 Å². The summed E-state index contributed by atoms with van der Waals surface area (Å²) >= 11 is 1.42. The molecule has 2 aromatic heterocycles. The average Bonchev–Trinajstić information content (AvgIpc) is 3.15. The maximum absolute atomic E-state index is 12.8. The Morgan fingerprint density at radius 2 is 1.93 bits per heavy atom. The van der Waals surface area contributed by atoms with E-state index in [1.165, 1.54) is 11.8 Å². The normalized spacial score (nSPS) is 11.0. The molecule has 0 amide bonds. The lowest BCUT2D eigenvalue weighted by molar-refractivity contribution is 0.102. The Bertz CT molecular complexity index is 1000. The van der Waals surface area contributed by atoms with Crippen molar-refractivity contribution in [1.29, 1.82) is 0 Å². The minimum atomic E-state index is 0.0976. The van der Waals surface area contributed by atoms with E-state index in [4.69, 9.17) is 0 Å². The lowest BCUT2D eigenvalue weighted by atomic mass is 10.2. The molecule has 0 saturated carbocycles. The van der Waals surface area contributed by atoms with Gasteiger partial charge in [-0.1, -0.05) is 36.0 Å². The molecule has 0 aliphatic carbocycles. The summed E-state index contributed by atoms with van der Waals surface area (Å²) in [6.07, 6.45) is 1.84. The molecule has 3 aromatic rings. The molecule has 0 fully saturated rings. The standard InChI is InChI=1S/C21H24N4OS/c1-6-11-24-15(3)12-18(16(24)4)20(26)13-27-21-23-22-17(5)25(21)19-10-8-7-9-14(19)2/h6-10,12H,1,11,13H2,2-5H3. The van der Waals surface area contributed by atoms with Crippen LogP contribution < -0.4 is 0 Å². The topological polar surface area (TPSA) is 52.7 Å². The number of para-hydroxylation sites is 1. The molecule has 5 nitrogen and oxygen atoms in total. The molecule has 27 heavy (non-hydrogen) atoms. The summed E-state index contributed by atoms with van der Waals surface area (Å²) in [6.45, 7) is 12.5. The summed E-state index contributed by atoms with van der Waals surface area (Å²) in [5.41, 5.74) is 5.00. The van der Waals surface area contributed by atoms with E-state index in [1.807, 2.05) is 55.7 Å². The molecule has 2 heterocycles. The average molecular weight is 381 g/mol. The van der Waals surface area contributed by atoms with E-state index in [2.05, 4.69) is 34.3 Å². The largest absolute Gasteiger partial charge is 0.345 e. The van der Waals surface area contributed by atoms with Gasteiger partial charge in [0.15, 0.2) is 10.9 Å². The van der Waals surface area contributed by atoms with Crippen LogP contribution in [-0.4, -0.2) is 30.9 Å². The first-order valence-electron chi connectivity index (χ1n) is 8.85. The number of aryl methyl sites for hydroxylation is 3. The second-order valence-electron chi connectivity index (χ2n) is 6.55. The Morgan fingerprint density at radius 1 is 1.19 bits per heavy atom. The zero-order valence-electron chi connectivity index (χ0n) is 16.2. The first-order chi connectivity index (χ1) is 12.9. The van der Waals surface area contributed by atoms with Gasteiger partial charge in [0, 0.05) is 23.5 Å². The highest BCUT2D eigenvalue weighted by atomic mass is 32.2. The van der Waals surface area contributed by atoms with E-state index in [1.54, 1.807) is 0 Å². The van der Waals surface area contributed by atoms with Gasteiger partial charge in [-0.2, -0.15) is 0 Å². The SMILES string of the molecule is C=CCn1c(C)cc(C(=O)CSc2nnc(C)n2-c2ccccc2C)c1C. The van der Waals surface area contributed by atoms with Gasteiger partial charge in [-0.05, 0) is 45.4 Å². The monoisotopic (exact) mass is 380 g/mol. The number of Topliss-reactive ketones (excluding diaryl/α,β-unsaturated/α-hetero) is 1. The number of thioether (sulfide) groups is 1. The Balaban J connectivity index is 1.83. The number of carbonyl (C=O) groups is 1. The van der Waals surface area contributed by atoms with Crippen molar-refractivity contribution >= 4 is 17.5 Å². The van der Waals surface area contributed by atoms with Gasteiger partial charge in [-0.3, -0.25) is 9.36 Å². The third kappa shape index (κ3) is 3.76. The van der Waals surface area contributed by atoms with E-state index in [0.29, 0.717) is 12.3 Å². The molecular weight excluding hydrogens is 356 g/mol. The molecule has 0 unspecified atom stereocenters. The molecule has 0 bridgehead atoms. The summed E-state index contributed by atoms with van der Waals surface area (Å²) in [4.78, 5) is 12.8. The molecule has 0 saturated heterocycles. The predicted octanol–water partition coefficient (Wildman–Crippen LogP) is 4.46. The smallest absolute Gasteiger partial charge is 0.196 e. The van der Waals surface area contributed by atoms with Gasteiger partial charge in [0.05, 0.1) is 11.4 Å². The Hall–Kier alpha value is -2.60. The highest BCUT2D eigenvalue weighted by Crippen LogP contribution is 2.25. The van der Waals surface area contributed by atoms with Crippen molar-refractivity contribution in [3.05, 3.63) is 71.3 Å². The number of allylic oxidation sites excluding steroid dienone is 1. The minimum absolute atomic E-state index is 0.0976. The number of benzene rings is 1. The van der Waals surface area contributed by atoms with E-state index in [9.17, 15) is 4.79 Å². The zero-order chi connectivity index (χ0) is 19.6. The number of nitrogens with zero attached hydrogens (tertiary/aromatic N) is 4. The first kappa shape index (κ1) is 19.2. The Labute approximate surface area is 164 Å². The van der Waals surface area contributed by atoms with E-state index >= 15 is 0 Å². The number of ketones is 1. The third-order valence-corrected chi connectivity index (χ3v) is 5.60. The van der Waals surface area contributed by atoms with Crippen molar-refractivity contribution in [2.45, 2.75) is 39.4 Å². The van der Waals surface area contributed by atoms with Gasteiger partial charge in [-0.15, -0.1) is 16.8 Å². The number of aromatic nitrogens is 4. The summed E-state index contributed by atoms with van der Waals surface area (Å²) in [7, 11) is 0. The molecule has 3 rings (SSSR count). The number of carbonyl (C=O) groups excluding carboxylic acids is 1. The fourth-order valence-electron chi connectivity index (χ4n) is 3.23. The van der Waals surface area contributed by atoms with E-state index < -0.39 is 0 Å². The maximum atomic E-state index is 12.8. The molecule has 1 aromatic carbocycles. The number of hydrogen-bond donors (Lipinski definition) is 0. The van der Waals surface area contributed by atoms with Crippen molar-refractivity contribution in [2.75, 3.05) is 5.75 Å². The molecule has 0 atom stereocenters. The lowest BCUT2D eigenvalue weighted by Gasteiger charge is -2.11. The molecule has 0 aliphatic rings. The van der Waals surface area contributed by atoms with Crippen LogP contribution in [0.3, 0.4) is 0 Å². The molecular formula is C21H24N4OS. The molecule has 0 N–H and O–H groups in total. The van der Waals surface area contributed by atoms with Crippen LogP contribution in [0.1, 0.15) is 33.1 Å². The van der Waals surface area contributed by atoms with Crippen LogP contribution in [0.2, 0.25) is 0 Å². The summed E-state index contributed by atoms with van der Waals surface area (Å²) in [5, 5.41) is 9.22. The van der Waals surface area contributed by atoms with Gasteiger partial charge < -0.3 is 4.57 Å². The minimum Gasteiger partial charge on any atom is -0.345 e. The van der Waals surface area contributed by atoms with E-state index in [-0.39, 0.29) is 5.78 Å². The molecule has 0 spiro atoms. The van der Waals surface area contributed by atoms with Gasteiger partial charge in [0.25, 0.3) is 0 Å². The first-order valence-corrected chi connectivity index (χ1v) is 9.84. The van der Waals surface area contributed by atoms with Crippen LogP contribution >= 0.6 is 11.8 Å². The molecule has 140 valence electrons. The van der Waals surface area contributed by atoms with Crippen molar-refractivity contribution in [3.63, 3.8) is 0 Å². The maximum Gasteiger partial charge on any atom is 0.196 e. The fraction of sp³-hybridized carbons (Fsp3) is 0.286. The van der Waals surface area contributed by atoms with Crippen molar-refractivity contribution < 1.29 is 4.79 Å². The van der Waals surface area contributed by atoms with Gasteiger partial charge in [0.2, 0.25) is 0 Å². The zero-order valence-corrected chi connectivity index (χ0v) is 17.0. The van der Waals surface area contributed by atoms with Crippen LogP contribution in [0.25, 0.3) is 5.69 Å². The second-order valence-corrected chi connectivity index (χ2v) is 7.49. The Morgan fingerprint density at radius 3 is 2.63 bits per heavy atom. The van der Waals surface area contributed by atoms with Crippen LogP contribution in [0.15, 0.2) is 48.1 Å². The van der Waals surface area contributed by atoms with Crippen LogP contribution in [0.4, 0.5) is 0 Å². The second kappa shape index (κ2) is 7.96. The van der Waals surface area contributed by atoms with Crippen LogP contribution in [0, 0.1) is 27.7 Å². The van der Waals surface area contributed by atoms with Gasteiger partial charge >= 0.3 is 0 Å². The third-order valence-electron chi connectivity index (χ3n) is 4.67. The quantitative estimate of drug-likeness (QED) is 0.345. The number of hydrogen-bond acceptors (Lipinski definition) is 4. The van der Waals surface area contributed by atoms with Gasteiger partial charge in [0.1, 0.15) is 5.82 Å². The summed E-state index contributed by atoms with van der Waals surface area (Å²) in [5.74, 6) is 1.23. The summed E-state index contributed by atoms with van der Waals surface area (Å²) in [6, 6.07) is 10.1. The highest BCUT2D eigenvalue weighted by molar-refractivity contribution is 7.99. The fourth-order valence-corrected chi connectivity index (χ4v) is 4.10. The molecule has 0 aliphatic heterocycles. The summed E-state index contributed by atoms with van der Waals surface area (Å²) < 4.78 is 4.11. The lowest BCUT2D eigenvalue weighted by Crippen LogP contribution is -2.07. The highest BCUT2D eigenvalue weighted by Gasteiger charge is 2.18. The van der Waals surface area contributed by atoms with Gasteiger partial charge in [-0.25, -0.2) is 0 Å². The van der Waals surface area contributed by atoms with Crippen LogP contribution in [0.5, 0.6) is 0 Å². The van der Waals surface area contributed by atoms with Crippen molar-refractivity contribution in [1.82, 2.24) is 19.3 Å². The van der Waals surface area contributed by atoms with E-state index in [0.717, 1.165) is 39.2 Å².